The number of nitrogens with zero attached hydrogens (tertiary/aromatic N) is 1. The van der Waals surface area contributed by atoms with Crippen molar-refractivity contribution >= 4 is 11.0 Å². The van der Waals surface area contributed by atoms with Gasteiger partial charge in [-0.15, -0.1) is 0 Å². The Labute approximate surface area is 75.2 Å². The predicted octanol–water partition coefficient (Wildman–Crippen LogP) is 1.06. The summed E-state index contributed by atoms with van der Waals surface area (Å²) in [7, 11) is 1.62. The summed E-state index contributed by atoms with van der Waals surface area (Å²) >= 11 is 0. The number of H-pyrrole nitrogens is 1. The van der Waals surface area contributed by atoms with Crippen LogP contribution in [0, 0.1) is 0 Å². The summed E-state index contributed by atoms with van der Waals surface area (Å²) in [6, 6.07) is 5.54. The van der Waals surface area contributed by atoms with Crippen LogP contribution in [0.5, 0.6) is 5.75 Å². The van der Waals surface area contributed by atoms with Crippen molar-refractivity contribution in [2.24, 2.45) is 0 Å². The van der Waals surface area contributed by atoms with Crippen LogP contribution in [0.15, 0.2) is 18.2 Å². The molecule has 4 heteroatoms. The molecule has 0 radical (unpaired) electrons. The second-order valence-corrected chi connectivity index (χ2v) is 2.72. The second kappa shape index (κ2) is 3.06. The Morgan fingerprint density at radius 3 is 3.08 bits per heavy atom. The van der Waals surface area contributed by atoms with Crippen molar-refractivity contribution in [3.8, 4) is 5.75 Å². The van der Waals surface area contributed by atoms with Gasteiger partial charge in [0.1, 0.15) is 18.2 Å². The summed E-state index contributed by atoms with van der Waals surface area (Å²) in [6.45, 7) is -0.0724. The molecule has 2 N–H and O–H groups in total. The molecule has 1 aromatic carbocycles. The molecule has 2 aromatic rings. The van der Waals surface area contributed by atoms with Gasteiger partial charge in [0.05, 0.1) is 18.1 Å². The van der Waals surface area contributed by atoms with Crippen LogP contribution in [0.1, 0.15) is 5.82 Å². The maximum absolute atomic E-state index is 8.84. The third-order valence-electron chi connectivity index (χ3n) is 1.89. The summed E-state index contributed by atoms with van der Waals surface area (Å²) in [5.41, 5.74) is 1.72. The minimum Gasteiger partial charge on any atom is -0.497 e. The number of hydrogen-bond donors (Lipinski definition) is 2. The van der Waals surface area contributed by atoms with Crippen molar-refractivity contribution in [3.05, 3.63) is 24.0 Å². The molecule has 4 nitrogen and oxygen atoms in total. The molecule has 13 heavy (non-hydrogen) atoms. The van der Waals surface area contributed by atoms with E-state index in [1.165, 1.54) is 0 Å². The Morgan fingerprint density at radius 2 is 2.38 bits per heavy atom. The largest absolute Gasteiger partial charge is 0.497 e. The van der Waals surface area contributed by atoms with Crippen molar-refractivity contribution in [1.82, 2.24) is 9.97 Å². The number of hydrogen-bond acceptors (Lipinski definition) is 3. The molecule has 1 heterocycles. The maximum atomic E-state index is 8.84. The average molecular weight is 178 g/mol. The van der Waals surface area contributed by atoms with Gasteiger partial charge in [0.25, 0.3) is 0 Å². The van der Waals surface area contributed by atoms with Crippen LogP contribution in [0.2, 0.25) is 0 Å². The molecular formula is C9H10N2O2. The molecule has 0 aliphatic heterocycles. The molecule has 1 aromatic heterocycles. The van der Waals surface area contributed by atoms with Crippen LogP contribution < -0.4 is 4.74 Å². The monoisotopic (exact) mass is 178 g/mol. The highest BCUT2D eigenvalue weighted by Crippen LogP contribution is 2.18. The van der Waals surface area contributed by atoms with Crippen molar-refractivity contribution in [1.29, 1.82) is 0 Å². The fourth-order valence-electron chi connectivity index (χ4n) is 1.24. The minimum absolute atomic E-state index is 0.0724. The van der Waals surface area contributed by atoms with E-state index in [2.05, 4.69) is 9.97 Å². The van der Waals surface area contributed by atoms with E-state index in [1.807, 2.05) is 18.2 Å². The Balaban J connectivity index is 2.57. The van der Waals surface area contributed by atoms with E-state index in [0.29, 0.717) is 5.82 Å². The van der Waals surface area contributed by atoms with Crippen molar-refractivity contribution < 1.29 is 9.84 Å². The van der Waals surface area contributed by atoms with E-state index in [-0.39, 0.29) is 6.61 Å². The van der Waals surface area contributed by atoms with Gasteiger partial charge < -0.3 is 14.8 Å². The highest BCUT2D eigenvalue weighted by atomic mass is 16.5. The summed E-state index contributed by atoms with van der Waals surface area (Å²) in [6.07, 6.45) is 0. The SMILES string of the molecule is COc1ccc2nc(CO)[nH]c2c1. The van der Waals surface area contributed by atoms with Gasteiger partial charge in [-0.2, -0.15) is 0 Å². The zero-order chi connectivity index (χ0) is 9.26. The maximum Gasteiger partial charge on any atom is 0.133 e. The summed E-state index contributed by atoms with van der Waals surface area (Å²) < 4.78 is 5.05. The van der Waals surface area contributed by atoms with E-state index in [9.17, 15) is 0 Å². The lowest BCUT2D eigenvalue weighted by atomic mass is 10.3. The van der Waals surface area contributed by atoms with Gasteiger partial charge in [0.2, 0.25) is 0 Å². The normalized spacial score (nSPS) is 10.6. The smallest absolute Gasteiger partial charge is 0.133 e. The van der Waals surface area contributed by atoms with Crippen LogP contribution >= 0.6 is 0 Å². The molecule has 0 aliphatic carbocycles. The number of ether oxygens (including phenoxy) is 1. The first kappa shape index (κ1) is 8.07. The van der Waals surface area contributed by atoms with Gasteiger partial charge in [0, 0.05) is 6.07 Å². The highest BCUT2D eigenvalue weighted by molar-refractivity contribution is 5.76. The first-order chi connectivity index (χ1) is 6.33. The highest BCUT2D eigenvalue weighted by Gasteiger charge is 2.01. The van der Waals surface area contributed by atoms with E-state index in [4.69, 9.17) is 9.84 Å². The zero-order valence-electron chi connectivity index (χ0n) is 7.24. The molecule has 0 fully saturated rings. The van der Waals surface area contributed by atoms with Crippen LogP contribution in [0.3, 0.4) is 0 Å². The Bertz CT molecular complexity index is 420. The number of aromatic amines is 1. The van der Waals surface area contributed by atoms with Gasteiger partial charge in [-0.05, 0) is 12.1 Å². The molecule has 68 valence electrons. The van der Waals surface area contributed by atoms with E-state index < -0.39 is 0 Å². The predicted molar refractivity (Wildman–Crippen MR) is 48.6 cm³/mol. The Kier molecular flexibility index (Phi) is 1.90. The quantitative estimate of drug-likeness (QED) is 0.723. The fraction of sp³-hybridized carbons (Fsp3) is 0.222. The lowest BCUT2D eigenvalue weighted by Crippen LogP contribution is -1.83. The Hall–Kier alpha value is -1.55. The van der Waals surface area contributed by atoms with E-state index >= 15 is 0 Å². The number of fused-ring (bicyclic) bond motifs is 1. The standard InChI is InChI=1S/C9H10N2O2/c1-13-6-2-3-7-8(4-6)11-9(5-12)10-7/h2-4,12H,5H2,1H3,(H,10,11). The van der Waals surface area contributed by atoms with E-state index in [0.717, 1.165) is 16.8 Å². The molecule has 0 saturated heterocycles. The van der Waals surface area contributed by atoms with Crippen LogP contribution in [-0.4, -0.2) is 22.2 Å². The minimum atomic E-state index is -0.0724. The first-order valence-corrected chi connectivity index (χ1v) is 3.97. The van der Waals surface area contributed by atoms with Crippen LogP contribution in [-0.2, 0) is 6.61 Å². The van der Waals surface area contributed by atoms with Crippen molar-refractivity contribution in [3.63, 3.8) is 0 Å². The van der Waals surface area contributed by atoms with Crippen molar-refractivity contribution in [2.45, 2.75) is 6.61 Å². The van der Waals surface area contributed by atoms with Gasteiger partial charge >= 0.3 is 0 Å². The third-order valence-corrected chi connectivity index (χ3v) is 1.89. The molecule has 0 aliphatic rings. The zero-order valence-corrected chi connectivity index (χ0v) is 7.24. The number of rotatable bonds is 2. The third kappa shape index (κ3) is 1.36. The summed E-state index contributed by atoms with van der Waals surface area (Å²) in [4.78, 5) is 7.12. The molecule has 0 spiro atoms. The number of aliphatic hydroxyl groups excluding tert-OH is 1. The number of aliphatic hydroxyl groups is 1. The van der Waals surface area contributed by atoms with Gasteiger partial charge in [-0.3, -0.25) is 0 Å². The van der Waals surface area contributed by atoms with Gasteiger partial charge in [0.15, 0.2) is 0 Å². The molecule has 0 amide bonds. The second-order valence-electron chi connectivity index (χ2n) is 2.72. The molecule has 0 unspecified atom stereocenters. The molecule has 0 saturated carbocycles. The number of nitrogens with one attached hydrogen (secondary N) is 1. The molecular weight excluding hydrogens is 168 g/mol. The first-order valence-electron chi connectivity index (χ1n) is 3.97. The molecule has 0 bridgehead atoms. The fourth-order valence-corrected chi connectivity index (χ4v) is 1.24. The van der Waals surface area contributed by atoms with Crippen molar-refractivity contribution in [2.75, 3.05) is 7.11 Å². The van der Waals surface area contributed by atoms with Crippen LogP contribution in [0.25, 0.3) is 11.0 Å². The summed E-state index contributed by atoms with van der Waals surface area (Å²) in [5, 5.41) is 8.84. The number of imidazole rings is 1. The Morgan fingerprint density at radius 1 is 1.54 bits per heavy atom. The average Bonchev–Trinajstić information content (AvgIpc) is 2.58. The van der Waals surface area contributed by atoms with Gasteiger partial charge in [-0.25, -0.2) is 4.98 Å². The topological polar surface area (TPSA) is 58.1 Å². The lowest BCUT2D eigenvalue weighted by molar-refractivity contribution is 0.273. The molecule has 2 rings (SSSR count). The van der Waals surface area contributed by atoms with E-state index in [1.54, 1.807) is 7.11 Å². The number of methoxy groups -OCH3 is 1. The van der Waals surface area contributed by atoms with Gasteiger partial charge in [-0.1, -0.05) is 0 Å². The van der Waals surface area contributed by atoms with Crippen LogP contribution in [0.4, 0.5) is 0 Å². The lowest BCUT2D eigenvalue weighted by Gasteiger charge is -1.96. The molecule has 0 atom stereocenters. The summed E-state index contributed by atoms with van der Waals surface area (Å²) in [5.74, 6) is 1.35. The number of benzene rings is 1. The number of aromatic nitrogens is 2.